The molecule has 24 heavy (non-hydrogen) atoms. The molecule has 5 rings (SSSR count). The Kier molecular flexibility index (Phi) is 3.33. The standard InChI is InChI=1S/C17H22N6O/c1-10-19-8-12(15(18)22-10)9-20-16(24)14-11-3-5-17(14,7-11)13-4-6-21-23(13)2/h4,6,8,11,14H,3,5,7,9H2,1-2H3,(H,20,24)(H2,18,19,22). The second kappa shape index (κ2) is 5.29. The molecule has 3 aliphatic rings. The Hall–Kier alpha value is -2.44. The Morgan fingerprint density at radius 3 is 3.04 bits per heavy atom. The molecule has 7 nitrogen and oxygen atoms in total. The van der Waals surface area contributed by atoms with Crippen LogP contribution in [-0.2, 0) is 23.8 Å². The van der Waals surface area contributed by atoms with Crippen LogP contribution >= 0.6 is 0 Å². The molecular weight excluding hydrogens is 304 g/mol. The molecule has 3 saturated carbocycles. The highest BCUT2D eigenvalue weighted by atomic mass is 16.2. The lowest BCUT2D eigenvalue weighted by atomic mass is 9.58. The third-order valence-electron chi connectivity index (χ3n) is 5.74. The highest BCUT2D eigenvalue weighted by molar-refractivity contribution is 5.83. The number of hydrogen-bond donors (Lipinski definition) is 2. The zero-order valence-corrected chi connectivity index (χ0v) is 14.0. The molecular formula is C17H22N6O. The fourth-order valence-corrected chi connectivity index (χ4v) is 4.63. The minimum absolute atomic E-state index is 0.0282. The van der Waals surface area contributed by atoms with E-state index < -0.39 is 0 Å². The number of rotatable bonds is 4. The van der Waals surface area contributed by atoms with Gasteiger partial charge in [0.15, 0.2) is 0 Å². The predicted molar refractivity (Wildman–Crippen MR) is 88.7 cm³/mol. The van der Waals surface area contributed by atoms with E-state index in [1.54, 1.807) is 13.1 Å². The Labute approximate surface area is 140 Å². The number of nitrogens with one attached hydrogen (secondary N) is 1. The van der Waals surface area contributed by atoms with Crippen molar-refractivity contribution in [2.75, 3.05) is 5.73 Å². The molecule has 126 valence electrons. The summed E-state index contributed by atoms with van der Waals surface area (Å²) in [5, 5.41) is 7.33. The van der Waals surface area contributed by atoms with E-state index in [0.29, 0.717) is 24.1 Å². The minimum atomic E-state index is -0.0463. The number of carbonyl (C=O) groups excluding carboxylic acids is 1. The molecule has 3 unspecified atom stereocenters. The zero-order chi connectivity index (χ0) is 16.9. The molecule has 1 amide bonds. The molecule has 2 heterocycles. The molecule has 2 aromatic rings. The van der Waals surface area contributed by atoms with Crippen LogP contribution in [-0.4, -0.2) is 25.7 Å². The maximum absolute atomic E-state index is 12.8. The fourth-order valence-electron chi connectivity index (χ4n) is 4.63. The molecule has 0 aromatic carbocycles. The van der Waals surface area contributed by atoms with Gasteiger partial charge in [-0.1, -0.05) is 0 Å². The maximum atomic E-state index is 12.8. The molecule has 0 saturated heterocycles. The number of nitrogens with two attached hydrogens (primary N) is 1. The Balaban J connectivity index is 1.50. The molecule has 7 heteroatoms. The molecule has 3 aliphatic carbocycles. The van der Waals surface area contributed by atoms with Crippen LogP contribution in [0.25, 0.3) is 0 Å². The number of amides is 1. The molecule has 0 radical (unpaired) electrons. The Bertz CT molecular complexity index is 796. The number of nitrogen functional groups attached to an aromatic ring is 1. The summed E-state index contributed by atoms with van der Waals surface area (Å²) in [7, 11) is 1.95. The molecule has 3 N–H and O–H groups in total. The first-order chi connectivity index (χ1) is 11.5. The number of fused-ring (bicyclic) bond motifs is 1. The van der Waals surface area contributed by atoms with E-state index in [-0.39, 0.29) is 17.2 Å². The largest absolute Gasteiger partial charge is 0.383 e. The number of aromatic nitrogens is 4. The Morgan fingerprint density at radius 1 is 1.54 bits per heavy atom. The molecule has 2 bridgehead atoms. The first kappa shape index (κ1) is 15.1. The van der Waals surface area contributed by atoms with Crippen LogP contribution in [0.15, 0.2) is 18.5 Å². The van der Waals surface area contributed by atoms with Crippen LogP contribution in [0.2, 0.25) is 0 Å². The lowest BCUT2D eigenvalue weighted by Gasteiger charge is -2.46. The smallest absolute Gasteiger partial charge is 0.224 e. The van der Waals surface area contributed by atoms with E-state index in [4.69, 9.17) is 5.73 Å². The lowest BCUT2D eigenvalue weighted by molar-refractivity contribution is -0.133. The van der Waals surface area contributed by atoms with Crippen molar-refractivity contribution in [3.05, 3.63) is 35.5 Å². The lowest BCUT2D eigenvalue weighted by Crippen LogP contribution is -2.53. The van der Waals surface area contributed by atoms with Gasteiger partial charge in [0, 0.05) is 42.7 Å². The van der Waals surface area contributed by atoms with Crippen molar-refractivity contribution in [1.29, 1.82) is 0 Å². The number of aryl methyl sites for hydroxylation is 2. The number of carbonyl (C=O) groups is 1. The van der Waals surface area contributed by atoms with Gasteiger partial charge in [-0.2, -0.15) is 5.10 Å². The van der Waals surface area contributed by atoms with Crippen LogP contribution in [0.4, 0.5) is 5.82 Å². The van der Waals surface area contributed by atoms with Gasteiger partial charge < -0.3 is 11.1 Å². The van der Waals surface area contributed by atoms with Crippen molar-refractivity contribution in [2.24, 2.45) is 18.9 Å². The van der Waals surface area contributed by atoms with Crippen LogP contribution in [0.5, 0.6) is 0 Å². The van der Waals surface area contributed by atoms with E-state index in [1.807, 2.05) is 24.0 Å². The SMILES string of the molecule is Cc1ncc(CNC(=O)C2C3CCC2(c2ccnn2C)C3)c(N)n1. The van der Waals surface area contributed by atoms with Crippen molar-refractivity contribution in [3.63, 3.8) is 0 Å². The van der Waals surface area contributed by atoms with Gasteiger partial charge in [0.05, 0.1) is 5.92 Å². The molecule has 2 aromatic heterocycles. The molecule has 0 aliphatic heterocycles. The molecule has 0 spiro atoms. The third-order valence-corrected chi connectivity index (χ3v) is 5.74. The maximum Gasteiger partial charge on any atom is 0.224 e. The van der Waals surface area contributed by atoms with Gasteiger partial charge in [-0.15, -0.1) is 0 Å². The summed E-state index contributed by atoms with van der Waals surface area (Å²) in [6.07, 6.45) is 6.75. The van der Waals surface area contributed by atoms with Gasteiger partial charge in [-0.05, 0) is 38.2 Å². The van der Waals surface area contributed by atoms with Crippen LogP contribution < -0.4 is 11.1 Å². The van der Waals surface area contributed by atoms with E-state index in [0.717, 1.165) is 24.8 Å². The van der Waals surface area contributed by atoms with E-state index in [1.165, 1.54) is 5.69 Å². The molecule has 3 fully saturated rings. The number of anilines is 1. The first-order valence-corrected chi connectivity index (χ1v) is 8.35. The Morgan fingerprint density at radius 2 is 2.38 bits per heavy atom. The van der Waals surface area contributed by atoms with Crippen molar-refractivity contribution in [1.82, 2.24) is 25.1 Å². The summed E-state index contributed by atoms with van der Waals surface area (Å²) >= 11 is 0. The van der Waals surface area contributed by atoms with Gasteiger partial charge in [-0.3, -0.25) is 9.48 Å². The van der Waals surface area contributed by atoms with Crippen LogP contribution in [0, 0.1) is 18.8 Å². The summed E-state index contributed by atoms with van der Waals surface area (Å²) in [6.45, 7) is 2.16. The minimum Gasteiger partial charge on any atom is -0.383 e. The fraction of sp³-hybridized carbons (Fsp3) is 0.529. The highest BCUT2D eigenvalue weighted by Crippen LogP contribution is 2.63. The summed E-state index contributed by atoms with van der Waals surface area (Å²) in [6, 6.07) is 2.05. The van der Waals surface area contributed by atoms with Gasteiger partial charge in [0.1, 0.15) is 11.6 Å². The summed E-state index contributed by atoms with van der Waals surface area (Å²) in [4.78, 5) is 21.1. The van der Waals surface area contributed by atoms with Crippen LogP contribution in [0.1, 0.15) is 36.3 Å². The van der Waals surface area contributed by atoms with Crippen molar-refractivity contribution >= 4 is 11.7 Å². The van der Waals surface area contributed by atoms with Gasteiger partial charge >= 0.3 is 0 Å². The summed E-state index contributed by atoms with van der Waals surface area (Å²) < 4.78 is 1.91. The average molecular weight is 326 g/mol. The van der Waals surface area contributed by atoms with Gasteiger partial charge in [0.25, 0.3) is 0 Å². The average Bonchev–Trinajstić information content (AvgIpc) is 3.20. The second-order valence-electron chi connectivity index (χ2n) is 7.02. The van der Waals surface area contributed by atoms with Crippen molar-refractivity contribution < 1.29 is 4.79 Å². The van der Waals surface area contributed by atoms with E-state index in [2.05, 4.69) is 20.4 Å². The summed E-state index contributed by atoms with van der Waals surface area (Å²) in [5.41, 5.74) is 7.79. The highest BCUT2D eigenvalue weighted by Gasteiger charge is 2.63. The van der Waals surface area contributed by atoms with E-state index >= 15 is 0 Å². The van der Waals surface area contributed by atoms with Crippen LogP contribution in [0.3, 0.4) is 0 Å². The second-order valence-corrected chi connectivity index (χ2v) is 7.02. The van der Waals surface area contributed by atoms with Crippen molar-refractivity contribution in [2.45, 2.75) is 38.1 Å². The van der Waals surface area contributed by atoms with Gasteiger partial charge in [0.2, 0.25) is 5.91 Å². The topological polar surface area (TPSA) is 98.7 Å². The number of hydrogen-bond acceptors (Lipinski definition) is 5. The zero-order valence-electron chi connectivity index (χ0n) is 14.0. The first-order valence-electron chi connectivity index (χ1n) is 8.35. The van der Waals surface area contributed by atoms with E-state index in [9.17, 15) is 4.79 Å². The quantitative estimate of drug-likeness (QED) is 0.876. The number of nitrogens with zero attached hydrogens (tertiary/aromatic N) is 4. The monoisotopic (exact) mass is 326 g/mol. The normalized spacial score (nSPS) is 27.8. The summed E-state index contributed by atoms with van der Waals surface area (Å²) in [5.74, 6) is 1.67. The van der Waals surface area contributed by atoms with Gasteiger partial charge in [-0.25, -0.2) is 9.97 Å². The predicted octanol–water partition coefficient (Wildman–Crippen LogP) is 1.08. The molecule has 3 atom stereocenters. The van der Waals surface area contributed by atoms with Crippen molar-refractivity contribution in [3.8, 4) is 0 Å². The third kappa shape index (κ3) is 2.11.